The van der Waals surface area contributed by atoms with E-state index in [1.807, 2.05) is 0 Å². The molecule has 0 aromatic carbocycles. The van der Waals surface area contributed by atoms with Gasteiger partial charge in [0.15, 0.2) is 0 Å². The summed E-state index contributed by atoms with van der Waals surface area (Å²) in [5.41, 5.74) is 1.26. The summed E-state index contributed by atoms with van der Waals surface area (Å²) in [6.07, 6.45) is 3.83. The Morgan fingerprint density at radius 2 is 2.57 bits per heavy atom. The van der Waals surface area contributed by atoms with Gasteiger partial charge in [-0.2, -0.15) is 0 Å². The van der Waals surface area contributed by atoms with Gasteiger partial charge in [0, 0.05) is 7.11 Å². The Morgan fingerprint density at radius 3 is 2.86 bits per heavy atom. The zero-order valence-corrected chi connectivity index (χ0v) is 5.37. The second kappa shape index (κ2) is 2.44. The third-order valence-electron chi connectivity index (χ3n) is 1.07. The predicted octanol–water partition coefficient (Wildman–Crippen LogP) is 1.50. The van der Waals surface area contributed by atoms with Gasteiger partial charge in [-0.15, -0.1) is 0 Å². The topological polar surface area (TPSA) is 9.23 Å². The monoisotopic (exact) mass is 116 g/mol. The summed E-state index contributed by atoms with van der Waals surface area (Å²) >= 11 is 0. The molecule has 0 bridgehead atoms. The fourth-order valence-corrected chi connectivity index (χ4v) is 1.69. The van der Waals surface area contributed by atoms with Crippen LogP contribution in [0.15, 0.2) is 0 Å². The SMILES string of the molecule is COC1=PCCC1. The van der Waals surface area contributed by atoms with E-state index < -0.39 is 0 Å². The molecule has 0 saturated carbocycles. The Balaban J connectivity index is 2.36. The van der Waals surface area contributed by atoms with Crippen molar-refractivity contribution in [2.75, 3.05) is 13.3 Å². The van der Waals surface area contributed by atoms with Crippen molar-refractivity contribution in [3.63, 3.8) is 0 Å². The van der Waals surface area contributed by atoms with Gasteiger partial charge in [0.25, 0.3) is 0 Å². The normalized spacial score (nSPS) is 22.1. The summed E-state index contributed by atoms with van der Waals surface area (Å²) in [4.78, 5) is 0. The van der Waals surface area contributed by atoms with Gasteiger partial charge >= 0.3 is 0 Å². The molecule has 0 radical (unpaired) electrons. The summed E-state index contributed by atoms with van der Waals surface area (Å²) < 4.78 is 5.02. The lowest BCUT2D eigenvalue weighted by molar-refractivity contribution is 0.403. The molecule has 40 valence electrons. The van der Waals surface area contributed by atoms with Crippen LogP contribution in [0.25, 0.3) is 0 Å². The maximum atomic E-state index is 5.02. The highest BCUT2D eigenvalue weighted by Crippen LogP contribution is 2.16. The third-order valence-corrected chi connectivity index (χ3v) is 2.37. The first-order valence-corrected chi connectivity index (χ1v) is 3.59. The number of rotatable bonds is 1. The first-order valence-electron chi connectivity index (χ1n) is 2.51. The molecule has 1 aliphatic heterocycles. The van der Waals surface area contributed by atoms with Gasteiger partial charge in [-0.3, -0.25) is 0 Å². The van der Waals surface area contributed by atoms with Crippen LogP contribution >= 0.6 is 8.20 Å². The lowest BCUT2D eigenvalue weighted by Gasteiger charge is -1.90. The smallest absolute Gasteiger partial charge is 0.0742 e. The molecule has 0 N–H and O–H groups in total. The molecule has 1 rings (SSSR count). The summed E-state index contributed by atoms with van der Waals surface area (Å²) in [6, 6.07) is 0. The molecule has 0 aromatic rings. The van der Waals surface area contributed by atoms with E-state index in [9.17, 15) is 0 Å². The van der Waals surface area contributed by atoms with Crippen LogP contribution in [-0.2, 0) is 4.74 Å². The number of hydrogen-bond acceptors (Lipinski definition) is 1. The zero-order valence-electron chi connectivity index (χ0n) is 4.48. The lowest BCUT2D eigenvalue weighted by atomic mass is 10.4. The van der Waals surface area contributed by atoms with E-state index in [1.165, 1.54) is 32.7 Å². The molecule has 0 fully saturated rings. The van der Waals surface area contributed by atoms with E-state index in [2.05, 4.69) is 0 Å². The largest absolute Gasteiger partial charge is 0.349 e. The van der Waals surface area contributed by atoms with Crippen LogP contribution < -0.4 is 0 Å². The number of methoxy groups -OCH3 is 1. The molecule has 0 unspecified atom stereocenters. The summed E-state index contributed by atoms with van der Waals surface area (Å²) in [5.74, 6) is 0. The highest BCUT2D eigenvalue weighted by atomic mass is 31.1. The van der Waals surface area contributed by atoms with Crippen LogP contribution in [0, 0.1) is 0 Å². The maximum absolute atomic E-state index is 5.02. The second-order valence-electron chi connectivity index (χ2n) is 1.58. The minimum absolute atomic E-state index is 1.19. The minimum atomic E-state index is 1.19. The van der Waals surface area contributed by atoms with Crippen molar-refractivity contribution in [3.05, 3.63) is 0 Å². The average Bonchev–Trinajstić information content (AvgIpc) is 2.14. The van der Waals surface area contributed by atoms with Crippen LogP contribution in [0.2, 0.25) is 0 Å². The predicted molar refractivity (Wildman–Crippen MR) is 33.0 cm³/mol. The zero-order chi connectivity index (χ0) is 5.11. The Morgan fingerprint density at radius 1 is 1.71 bits per heavy atom. The van der Waals surface area contributed by atoms with Crippen LogP contribution in [0.3, 0.4) is 0 Å². The van der Waals surface area contributed by atoms with Crippen LogP contribution in [0.4, 0.5) is 0 Å². The minimum Gasteiger partial charge on any atom is -0.349 e. The van der Waals surface area contributed by atoms with Gasteiger partial charge in [-0.1, -0.05) is 8.20 Å². The van der Waals surface area contributed by atoms with Crippen molar-refractivity contribution >= 4 is 13.7 Å². The summed E-state index contributed by atoms with van der Waals surface area (Å²) in [7, 11) is 3.17. The highest BCUT2D eigenvalue weighted by Gasteiger charge is 2.01. The quantitative estimate of drug-likeness (QED) is 0.472. The Labute approximate surface area is 45.5 Å². The van der Waals surface area contributed by atoms with Crippen molar-refractivity contribution < 1.29 is 4.74 Å². The molecule has 0 amide bonds. The molecule has 1 nitrogen and oxygen atoms in total. The van der Waals surface area contributed by atoms with Crippen molar-refractivity contribution in [3.8, 4) is 0 Å². The average molecular weight is 116 g/mol. The number of hydrogen-bond donors (Lipinski definition) is 0. The maximum Gasteiger partial charge on any atom is 0.0742 e. The van der Waals surface area contributed by atoms with E-state index in [-0.39, 0.29) is 0 Å². The molecule has 0 aliphatic carbocycles. The fourth-order valence-electron chi connectivity index (χ4n) is 0.680. The van der Waals surface area contributed by atoms with E-state index in [0.717, 1.165) is 0 Å². The molecule has 2 heteroatoms. The van der Waals surface area contributed by atoms with Crippen LogP contribution in [0.5, 0.6) is 0 Å². The number of ether oxygens (including phenoxy) is 1. The van der Waals surface area contributed by atoms with E-state index in [0.29, 0.717) is 0 Å². The van der Waals surface area contributed by atoms with E-state index in [4.69, 9.17) is 4.74 Å². The van der Waals surface area contributed by atoms with Crippen LogP contribution in [0.1, 0.15) is 12.8 Å². The lowest BCUT2D eigenvalue weighted by Crippen LogP contribution is -1.90. The first-order chi connectivity index (χ1) is 3.43. The van der Waals surface area contributed by atoms with Gasteiger partial charge in [0.1, 0.15) is 0 Å². The van der Waals surface area contributed by atoms with Gasteiger partial charge in [0.05, 0.1) is 5.48 Å². The first kappa shape index (κ1) is 5.27. The Hall–Kier alpha value is 0.130. The standard InChI is InChI=1S/C5H9OP/c1-6-5-3-2-4-7-5/h2-4H2,1H3. The third kappa shape index (κ3) is 1.25. The van der Waals surface area contributed by atoms with Crippen molar-refractivity contribution in [2.45, 2.75) is 12.8 Å². The second-order valence-corrected chi connectivity index (χ2v) is 2.85. The Bertz CT molecular complexity index is 88.1. The van der Waals surface area contributed by atoms with Gasteiger partial charge in [-0.25, -0.2) is 0 Å². The molecular weight excluding hydrogens is 107 g/mol. The molecule has 0 saturated heterocycles. The highest BCUT2D eigenvalue weighted by molar-refractivity contribution is 7.40. The fraction of sp³-hybridized carbons (Fsp3) is 0.800. The Kier molecular flexibility index (Phi) is 1.84. The molecule has 0 aromatic heterocycles. The molecule has 7 heavy (non-hydrogen) atoms. The van der Waals surface area contributed by atoms with E-state index in [1.54, 1.807) is 7.11 Å². The van der Waals surface area contributed by atoms with Crippen molar-refractivity contribution in [1.29, 1.82) is 0 Å². The summed E-state index contributed by atoms with van der Waals surface area (Å²) in [5, 5.41) is 0. The van der Waals surface area contributed by atoms with Gasteiger partial charge in [0.2, 0.25) is 0 Å². The van der Waals surface area contributed by atoms with Crippen molar-refractivity contribution in [1.82, 2.24) is 0 Å². The van der Waals surface area contributed by atoms with Crippen LogP contribution in [-0.4, -0.2) is 18.8 Å². The van der Waals surface area contributed by atoms with E-state index >= 15 is 0 Å². The van der Waals surface area contributed by atoms with Gasteiger partial charge in [-0.05, 0) is 19.0 Å². The molecule has 1 heterocycles. The molecule has 0 atom stereocenters. The molecule has 1 aliphatic rings. The molecular formula is C5H9OP. The van der Waals surface area contributed by atoms with Gasteiger partial charge < -0.3 is 4.74 Å². The van der Waals surface area contributed by atoms with Crippen molar-refractivity contribution in [2.24, 2.45) is 0 Å². The summed E-state index contributed by atoms with van der Waals surface area (Å²) in [6.45, 7) is 0. The molecule has 0 spiro atoms.